The van der Waals surface area contributed by atoms with E-state index in [1.165, 1.54) is 35.8 Å². The smallest absolute Gasteiger partial charge is 0.250 e. The van der Waals surface area contributed by atoms with E-state index < -0.39 is 43.0 Å². The molecule has 0 spiro atoms. The normalized spacial score (nSPS) is 15.4. The standard InChI is InChI=1S/C30H34F2N2O5S2/c1-6-41(38,39)33-27-14-21(23(13-26(27)32)29(36)19-9-11-20(31)12-10-19)24-16-34(5)28(35)15-22(24)25(18-7-8-18)17-40(37)30(2,3)4/h9-16,18,25,33H,6-8,17H2,1-5H3/t25-,40+/m0/s1. The molecule has 1 saturated carbocycles. The predicted molar refractivity (Wildman–Crippen MR) is 158 cm³/mol. The topological polar surface area (TPSA) is 102 Å². The Bertz CT molecular complexity index is 1670. The van der Waals surface area contributed by atoms with Crippen LogP contribution in [0.5, 0.6) is 0 Å². The van der Waals surface area contributed by atoms with Gasteiger partial charge in [-0.1, -0.05) is 0 Å². The molecule has 0 radical (unpaired) electrons. The largest absolute Gasteiger partial charge is 0.318 e. The van der Waals surface area contributed by atoms with Crippen molar-refractivity contribution in [1.29, 1.82) is 0 Å². The highest BCUT2D eigenvalue weighted by atomic mass is 32.2. The summed E-state index contributed by atoms with van der Waals surface area (Å²) in [6, 6.07) is 8.49. The summed E-state index contributed by atoms with van der Waals surface area (Å²) >= 11 is 0. The fourth-order valence-corrected chi connectivity index (χ4v) is 6.54. The Morgan fingerprint density at radius 2 is 1.73 bits per heavy atom. The molecule has 0 aliphatic heterocycles. The lowest BCUT2D eigenvalue weighted by molar-refractivity contribution is 0.103. The van der Waals surface area contributed by atoms with Crippen molar-refractivity contribution in [2.45, 2.75) is 51.2 Å². The van der Waals surface area contributed by atoms with Gasteiger partial charge in [0.25, 0.3) is 5.56 Å². The summed E-state index contributed by atoms with van der Waals surface area (Å²) in [4.78, 5) is 26.6. The second-order valence-electron chi connectivity index (χ2n) is 11.4. The molecule has 0 amide bonds. The molecule has 4 rings (SSSR count). The van der Waals surface area contributed by atoms with E-state index in [1.54, 1.807) is 13.2 Å². The average Bonchev–Trinajstić information content (AvgIpc) is 3.74. The van der Waals surface area contributed by atoms with E-state index in [9.17, 15) is 26.6 Å². The fraction of sp³-hybridized carbons (Fsp3) is 0.400. The Morgan fingerprint density at radius 3 is 2.29 bits per heavy atom. The molecule has 1 aliphatic rings. The highest BCUT2D eigenvalue weighted by Gasteiger charge is 2.37. The van der Waals surface area contributed by atoms with Crippen molar-refractivity contribution in [2.24, 2.45) is 13.0 Å². The first kappa shape index (κ1) is 30.8. The first-order valence-corrected chi connectivity index (χ1v) is 16.3. The lowest BCUT2D eigenvalue weighted by Gasteiger charge is -2.26. The lowest BCUT2D eigenvalue weighted by atomic mass is 9.86. The summed E-state index contributed by atoms with van der Waals surface area (Å²) in [5.41, 5.74) is 0.560. The molecule has 2 atom stereocenters. The first-order chi connectivity index (χ1) is 19.1. The van der Waals surface area contributed by atoms with Crippen molar-refractivity contribution in [2.75, 3.05) is 16.2 Å². The van der Waals surface area contributed by atoms with Crippen molar-refractivity contribution >= 4 is 32.3 Å². The number of halogens is 2. The number of aryl methyl sites for hydroxylation is 1. The fourth-order valence-electron chi connectivity index (χ4n) is 4.63. The van der Waals surface area contributed by atoms with Gasteiger partial charge in [-0.25, -0.2) is 17.2 Å². The van der Waals surface area contributed by atoms with Gasteiger partial charge >= 0.3 is 0 Å². The predicted octanol–water partition coefficient (Wildman–Crippen LogP) is 5.36. The average molecular weight is 605 g/mol. The minimum Gasteiger partial charge on any atom is -0.318 e. The van der Waals surface area contributed by atoms with Gasteiger partial charge in [-0.2, -0.15) is 0 Å². The molecule has 11 heteroatoms. The zero-order chi connectivity index (χ0) is 30.3. The number of sulfonamides is 1. The number of hydrogen-bond acceptors (Lipinski definition) is 5. The van der Waals surface area contributed by atoms with Crippen molar-refractivity contribution in [1.82, 2.24) is 4.57 Å². The van der Waals surface area contributed by atoms with Gasteiger partial charge in [-0.3, -0.25) is 18.5 Å². The maximum atomic E-state index is 15.4. The van der Waals surface area contributed by atoms with Gasteiger partial charge in [0, 0.05) is 57.3 Å². The van der Waals surface area contributed by atoms with Crippen LogP contribution in [0.3, 0.4) is 0 Å². The second kappa shape index (κ2) is 11.6. The van der Waals surface area contributed by atoms with Gasteiger partial charge in [0.15, 0.2) is 5.78 Å². The Hall–Kier alpha value is -3.18. The summed E-state index contributed by atoms with van der Waals surface area (Å²) < 4.78 is 70.0. The molecule has 3 aromatic rings. The van der Waals surface area contributed by atoms with Crippen LogP contribution >= 0.6 is 0 Å². The molecule has 0 bridgehead atoms. The quantitative estimate of drug-likeness (QED) is 0.314. The number of pyridine rings is 1. The number of nitrogens with zero attached hydrogens (tertiary/aromatic N) is 1. The molecule has 1 aliphatic carbocycles. The zero-order valence-electron chi connectivity index (χ0n) is 23.7. The minimum absolute atomic E-state index is 0.0834. The molecule has 1 heterocycles. The molecule has 1 N–H and O–H groups in total. The van der Waals surface area contributed by atoms with Crippen molar-refractivity contribution in [3.8, 4) is 11.1 Å². The molecule has 0 saturated heterocycles. The molecule has 220 valence electrons. The highest BCUT2D eigenvalue weighted by Crippen LogP contribution is 2.47. The summed E-state index contributed by atoms with van der Waals surface area (Å²) in [7, 11) is -3.59. The second-order valence-corrected chi connectivity index (χ2v) is 15.6. The molecule has 1 fully saturated rings. The van der Waals surface area contributed by atoms with Crippen LogP contribution in [-0.4, -0.2) is 39.2 Å². The van der Waals surface area contributed by atoms with Crippen LogP contribution in [-0.2, 0) is 27.9 Å². The maximum absolute atomic E-state index is 15.4. The highest BCUT2D eigenvalue weighted by molar-refractivity contribution is 7.92. The van der Waals surface area contributed by atoms with E-state index in [4.69, 9.17) is 0 Å². The molecule has 41 heavy (non-hydrogen) atoms. The lowest BCUT2D eigenvalue weighted by Crippen LogP contribution is -2.28. The Balaban J connectivity index is 1.99. The third-order valence-electron chi connectivity index (χ3n) is 7.26. The van der Waals surface area contributed by atoms with Crippen molar-refractivity contribution in [3.05, 3.63) is 87.3 Å². The maximum Gasteiger partial charge on any atom is 0.250 e. The molecular weight excluding hydrogens is 570 g/mol. The van der Waals surface area contributed by atoms with Crippen LogP contribution in [0.25, 0.3) is 11.1 Å². The van der Waals surface area contributed by atoms with Gasteiger partial charge in [-0.15, -0.1) is 0 Å². The summed E-state index contributed by atoms with van der Waals surface area (Å²) in [5.74, 6) is -2.25. The van der Waals surface area contributed by atoms with Crippen LogP contribution in [0.1, 0.15) is 67.9 Å². The monoisotopic (exact) mass is 604 g/mol. The number of hydrogen-bond donors (Lipinski definition) is 1. The minimum atomic E-state index is -3.87. The van der Waals surface area contributed by atoms with E-state index >= 15 is 4.39 Å². The third-order valence-corrected chi connectivity index (χ3v) is 10.6. The van der Waals surface area contributed by atoms with E-state index in [0.717, 1.165) is 31.0 Å². The van der Waals surface area contributed by atoms with Gasteiger partial charge in [0.2, 0.25) is 10.0 Å². The third kappa shape index (κ3) is 7.01. The van der Waals surface area contributed by atoms with Crippen LogP contribution < -0.4 is 10.3 Å². The van der Waals surface area contributed by atoms with Crippen LogP contribution in [0.15, 0.2) is 53.5 Å². The van der Waals surface area contributed by atoms with Crippen molar-refractivity contribution < 1.29 is 26.2 Å². The molecule has 1 aromatic heterocycles. The van der Waals surface area contributed by atoms with Crippen LogP contribution in [0.2, 0.25) is 0 Å². The van der Waals surface area contributed by atoms with E-state index in [1.807, 2.05) is 20.8 Å². The Labute approximate surface area is 241 Å². The van der Waals surface area contributed by atoms with Crippen LogP contribution in [0, 0.1) is 17.6 Å². The first-order valence-electron chi connectivity index (χ1n) is 13.3. The van der Waals surface area contributed by atoms with E-state index in [0.29, 0.717) is 11.1 Å². The zero-order valence-corrected chi connectivity index (χ0v) is 25.3. The summed E-state index contributed by atoms with van der Waals surface area (Å²) in [6.07, 6.45) is 3.31. The number of benzene rings is 2. The number of aromatic nitrogens is 1. The van der Waals surface area contributed by atoms with Gasteiger partial charge in [0.05, 0.1) is 11.4 Å². The number of rotatable bonds is 10. The molecule has 7 nitrogen and oxygen atoms in total. The number of anilines is 1. The number of carbonyl (C=O) groups excluding carboxylic acids is 1. The number of ketones is 1. The Morgan fingerprint density at radius 1 is 1.10 bits per heavy atom. The molecule has 2 aromatic carbocycles. The van der Waals surface area contributed by atoms with Gasteiger partial charge in [0.1, 0.15) is 11.6 Å². The van der Waals surface area contributed by atoms with Crippen molar-refractivity contribution in [3.63, 3.8) is 0 Å². The molecular formula is C30H34F2N2O5S2. The van der Waals surface area contributed by atoms with Gasteiger partial charge in [-0.05, 0) is 99.9 Å². The van der Waals surface area contributed by atoms with E-state index in [2.05, 4.69) is 4.72 Å². The van der Waals surface area contributed by atoms with E-state index in [-0.39, 0.29) is 51.3 Å². The molecule has 0 unspecified atom stereocenters. The Kier molecular flexibility index (Phi) is 8.71. The SMILES string of the molecule is CCS(=O)(=O)Nc1cc(-c2cn(C)c(=O)cc2[C@@H](C[S@@](=O)C(C)(C)C)C2CC2)c(C(=O)c2ccc(F)cc2)cc1F. The summed E-state index contributed by atoms with van der Waals surface area (Å²) in [5, 5.41) is 0. The van der Waals surface area contributed by atoms with Gasteiger partial charge < -0.3 is 4.57 Å². The number of nitrogens with one attached hydrogen (secondary N) is 1. The van der Waals surface area contributed by atoms with Crippen LogP contribution in [0.4, 0.5) is 14.5 Å². The summed E-state index contributed by atoms with van der Waals surface area (Å²) in [6.45, 7) is 7.05. The number of carbonyl (C=O) groups is 1.